The maximum Gasteiger partial charge on any atom is 0.347 e. The Morgan fingerprint density at radius 2 is 2.10 bits per heavy atom. The van der Waals surface area contributed by atoms with E-state index in [1.54, 1.807) is 0 Å². The van der Waals surface area contributed by atoms with E-state index in [1.807, 2.05) is 0 Å². The van der Waals surface area contributed by atoms with Crippen molar-refractivity contribution in [3.63, 3.8) is 0 Å². The lowest BCUT2D eigenvalue weighted by atomic mass is 9.90. The zero-order chi connectivity index (χ0) is 14.4. The van der Waals surface area contributed by atoms with Gasteiger partial charge in [-0.2, -0.15) is 0 Å². The highest BCUT2D eigenvalue weighted by Crippen LogP contribution is 2.45. The van der Waals surface area contributed by atoms with Gasteiger partial charge in [0.1, 0.15) is 4.88 Å². The summed E-state index contributed by atoms with van der Waals surface area (Å²) in [5.41, 5.74) is 0.821. The molecule has 0 spiro atoms. The number of hydrogen-bond donors (Lipinski definition) is 1. The molecule has 1 saturated heterocycles. The molecule has 3 fully saturated rings. The molecule has 2 unspecified atom stereocenters. The molecule has 6 heteroatoms. The molecule has 1 aromatic heterocycles. The Morgan fingerprint density at radius 1 is 1.29 bits per heavy atom. The van der Waals surface area contributed by atoms with Crippen molar-refractivity contribution in [2.45, 2.75) is 56.6 Å². The Balaban J connectivity index is 1.65. The number of fused-ring (bicyclic) bond motifs is 1. The van der Waals surface area contributed by atoms with E-state index in [-0.39, 0.29) is 0 Å². The predicted octanol–water partition coefficient (Wildman–Crippen LogP) is 2.87. The number of aromatic carboxylic acids is 1. The number of anilines is 1. The molecule has 0 aromatic carbocycles. The first-order chi connectivity index (χ1) is 10.2. The van der Waals surface area contributed by atoms with Crippen LogP contribution in [-0.4, -0.2) is 41.4 Å². The maximum atomic E-state index is 11.5. The summed E-state index contributed by atoms with van der Waals surface area (Å²) in [6.07, 6.45) is 7.18. The van der Waals surface area contributed by atoms with Crippen LogP contribution in [0.2, 0.25) is 0 Å². The van der Waals surface area contributed by atoms with Crippen molar-refractivity contribution in [3.05, 3.63) is 10.6 Å². The van der Waals surface area contributed by atoms with Gasteiger partial charge in [-0.15, -0.1) is 0 Å². The summed E-state index contributed by atoms with van der Waals surface area (Å²) in [7, 11) is 0. The molecule has 2 aliphatic carbocycles. The van der Waals surface area contributed by atoms with E-state index in [2.05, 4.69) is 4.90 Å². The van der Waals surface area contributed by atoms with Crippen LogP contribution in [0.15, 0.2) is 0 Å². The lowest BCUT2D eigenvalue weighted by molar-refractivity contribution is -0.00869. The third-order valence-electron chi connectivity index (χ3n) is 4.78. The summed E-state index contributed by atoms with van der Waals surface area (Å²) in [5.74, 6) is -0.446. The van der Waals surface area contributed by atoms with Crippen LogP contribution in [-0.2, 0) is 4.74 Å². The molecule has 3 aliphatic rings. The van der Waals surface area contributed by atoms with Crippen LogP contribution in [0.1, 0.15) is 59.8 Å². The fraction of sp³-hybridized carbons (Fsp3) is 0.733. The average molecular weight is 308 g/mol. The number of morpholine rings is 1. The third kappa shape index (κ3) is 2.44. The first kappa shape index (κ1) is 13.5. The lowest BCUT2D eigenvalue weighted by Crippen LogP contribution is -2.52. The highest BCUT2D eigenvalue weighted by atomic mass is 32.1. The summed E-state index contributed by atoms with van der Waals surface area (Å²) in [4.78, 5) is 18.9. The van der Waals surface area contributed by atoms with Crippen molar-refractivity contribution < 1.29 is 14.6 Å². The van der Waals surface area contributed by atoms with Crippen LogP contribution in [0.4, 0.5) is 5.13 Å². The van der Waals surface area contributed by atoms with Gasteiger partial charge in [0.25, 0.3) is 0 Å². The largest absolute Gasteiger partial charge is 0.477 e. The molecule has 114 valence electrons. The fourth-order valence-electron chi connectivity index (χ4n) is 3.56. The number of carboxylic acids is 1. The zero-order valence-corrected chi connectivity index (χ0v) is 12.8. The second-order valence-electron chi connectivity index (χ2n) is 6.24. The normalized spacial score (nSPS) is 29.2. The van der Waals surface area contributed by atoms with Crippen molar-refractivity contribution in [2.75, 3.05) is 18.1 Å². The van der Waals surface area contributed by atoms with Gasteiger partial charge in [-0.3, -0.25) is 0 Å². The second-order valence-corrected chi connectivity index (χ2v) is 7.22. The van der Waals surface area contributed by atoms with E-state index in [1.165, 1.54) is 24.2 Å². The minimum absolute atomic E-state index is 0.300. The van der Waals surface area contributed by atoms with Crippen molar-refractivity contribution in [2.24, 2.45) is 0 Å². The molecule has 1 N–H and O–H groups in total. The second kappa shape index (κ2) is 5.25. The van der Waals surface area contributed by atoms with Crippen molar-refractivity contribution in [3.8, 4) is 0 Å². The highest BCUT2D eigenvalue weighted by molar-refractivity contribution is 7.17. The van der Waals surface area contributed by atoms with Crippen LogP contribution in [0.3, 0.4) is 0 Å². The summed E-state index contributed by atoms with van der Waals surface area (Å²) in [5, 5.41) is 10.3. The average Bonchev–Trinajstić information content (AvgIpc) is 3.25. The van der Waals surface area contributed by atoms with E-state index in [0.29, 0.717) is 22.9 Å². The lowest BCUT2D eigenvalue weighted by Gasteiger charge is -2.43. The molecule has 2 heterocycles. The number of carboxylic acid groups (broad SMARTS) is 1. The van der Waals surface area contributed by atoms with Crippen LogP contribution >= 0.6 is 11.3 Å². The predicted molar refractivity (Wildman–Crippen MR) is 80.4 cm³/mol. The Kier molecular flexibility index (Phi) is 3.38. The molecule has 0 amide bonds. The van der Waals surface area contributed by atoms with E-state index >= 15 is 0 Å². The maximum absolute atomic E-state index is 11.5. The van der Waals surface area contributed by atoms with Gasteiger partial charge in [0, 0.05) is 12.5 Å². The first-order valence-electron chi connectivity index (χ1n) is 7.86. The molecule has 1 aromatic rings. The molecule has 21 heavy (non-hydrogen) atoms. The summed E-state index contributed by atoms with van der Waals surface area (Å²) in [6.45, 7) is 1.56. The van der Waals surface area contributed by atoms with Crippen molar-refractivity contribution in [1.82, 2.24) is 4.98 Å². The summed E-state index contributed by atoms with van der Waals surface area (Å²) >= 11 is 1.36. The fourth-order valence-corrected chi connectivity index (χ4v) is 4.64. The van der Waals surface area contributed by atoms with Gasteiger partial charge in [-0.1, -0.05) is 24.2 Å². The number of aromatic nitrogens is 1. The van der Waals surface area contributed by atoms with Crippen molar-refractivity contribution >= 4 is 22.4 Å². The Morgan fingerprint density at radius 3 is 2.86 bits per heavy atom. The van der Waals surface area contributed by atoms with Crippen LogP contribution in [0.5, 0.6) is 0 Å². The number of carbonyl (C=O) groups is 1. The van der Waals surface area contributed by atoms with Crippen LogP contribution < -0.4 is 4.90 Å². The van der Waals surface area contributed by atoms with E-state index < -0.39 is 5.97 Å². The minimum atomic E-state index is -0.825. The monoisotopic (exact) mass is 308 g/mol. The summed E-state index contributed by atoms with van der Waals surface area (Å²) < 4.78 is 5.90. The SMILES string of the molecule is O=C(O)c1sc(N2CCOC3CCCCC32)nc1C1CC1. The van der Waals surface area contributed by atoms with Gasteiger partial charge in [-0.05, 0) is 25.7 Å². The Labute approximate surface area is 127 Å². The number of hydrogen-bond acceptors (Lipinski definition) is 5. The quantitative estimate of drug-likeness (QED) is 0.930. The summed E-state index contributed by atoms with van der Waals surface area (Å²) in [6, 6.07) is 0.382. The van der Waals surface area contributed by atoms with E-state index in [0.717, 1.165) is 49.7 Å². The van der Waals surface area contributed by atoms with Gasteiger partial charge < -0.3 is 14.7 Å². The molecule has 5 nitrogen and oxygen atoms in total. The smallest absolute Gasteiger partial charge is 0.347 e. The Bertz CT molecular complexity index is 553. The number of nitrogens with zero attached hydrogens (tertiary/aromatic N) is 2. The third-order valence-corrected chi connectivity index (χ3v) is 5.87. The molecule has 2 atom stereocenters. The van der Waals surface area contributed by atoms with Gasteiger partial charge in [0.15, 0.2) is 5.13 Å². The van der Waals surface area contributed by atoms with Crippen LogP contribution in [0, 0.1) is 0 Å². The molecule has 4 rings (SSSR count). The molecular formula is C15H20N2O3S. The van der Waals surface area contributed by atoms with Crippen LogP contribution in [0.25, 0.3) is 0 Å². The van der Waals surface area contributed by atoms with Gasteiger partial charge in [0.2, 0.25) is 0 Å². The molecule has 0 bridgehead atoms. The van der Waals surface area contributed by atoms with Gasteiger partial charge in [-0.25, -0.2) is 9.78 Å². The molecule has 2 saturated carbocycles. The molecule has 1 aliphatic heterocycles. The molecule has 0 radical (unpaired) electrons. The zero-order valence-electron chi connectivity index (χ0n) is 12.0. The first-order valence-corrected chi connectivity index (χ1v) is 8.68. The highest BCUT2D eigenvalue weighted by Gasteiger charge is 2.38. The number of thiazole rings is 1. The van der Waals surface area contributed by atoms with Gasteiger partial charge in [0.05, 0.1) is 24.4 Å². The number of ether oxygens (including phenoxy) is 1. The topological polar surface area (TPSA) is 62.7 Å². The van der Waals surface area contributed by atoms with E-state index in [4.69, 9.17) is 9.72 Å². The number of rotatable bonds is 3. The Hall–Kier alpha value is -1.14. The minimum Gasteiger partial charge on any atom is -0.477 e. The van der Waals surface area contributed by atoms with E-state index in [9.17, 15) is 9.90 Å². The standard InChI is InChI=1S/C15H20N2O3S/c18-14(19)13-12(9-5-6-9)16-15(21-13)17-7-8-20-11-4-2-1-3-10(11)17/h9-11H,1-8H2,(H,18,19). The van der Waals surface area contributed by atoms with Gasteiger partial charge >= 0.3 is 5.97 Å². The van der Waals surface area contributed by atoms with Crippen molar-refractivity contribution in [1.29, 1.82) is 0 Å². The molecular weight excluding hydrogens is 288 g/mol.